The Bertz CT molecular complexity index is 1910. The molecule has 1 saturated carbocycles. The summed E-state index contributed by atoms with van der Waals surface area (Å²) < 4.78 is 36.1. The third kappa shape index (κ3) is 11.2. The van der Waals surface area contributed by atoms with Gasteiger partial charge >= 0.3 is 0 Å². The molecule has 2 aromatic carbocycles. The molecule has 4 aliphatic rings. The van der Waals surface area contributed by atoms with Crippen molar-refractivity contribution >= 4 is 27.0 Å². The van der Waals surface area contributed by atoms with E-state index in [0.717, 1.165) is 44.1 Å². The van der Waals surface area contributed by atoms with Crippen LogP contribution in [0.15, 0.2) is 96.1 Å². The van der Waals surface area contributed by atoms with Crippen LogP contribution in [-0.4, -0.2) is 82.0 Å². The Morgan fingerprint density at radius 1 is 0.836 bits per heavy atom. The Morgan fingerprint density at radius 2 is 1.43 bits per heavy atom. The highest BCUT2D eigenvalue weighted by Gasteiger charge is 2.62. The van der Waals surface area contributed by atoms with Gasteiger partial charge < -0.3 is 33.3 Å². The van der Waals surface area contributed by atoms with Gasteiger partial charge in [0.15, 0.2) is 5.79 Å². The number of rotatable bonds is 17. The summed E-state index contributed by atoms with van der Waals surface area (Å²) >= 11 is 0. The number of ether oxygens (including phenoxy) is 3. The molecule has 0 aromatic heterocycles. The fourth-order valence-electron chi connectivity index (χ4n) is 13.4. The van der Waals surface area contributed by atoms with Crippen molar-refractivity contribution in [3.8, 4) is 0 Å². The Morgan fingerprint density at radius 3 is 1.97 bits per heavy atom. The van der Waals surface area contributed by atoms with Crippen molar-refractivity contribution in [3.63, 3.8) is 0 Å². The monoisotopic (exact) mass is 957 g/mol. The third-order valence-corrected chi connectivity index (χ3v) is 27.8. The van der Waals surface area contributed by atoms with Crippen molar-refractivity contribution in [1.82, 2.24) is 0 Å². The molecule has 9 heteroatoms. The Hall–Kier alpha value is -2.19. The predicted octanol–water partition coefficient (Wildman–Crippen LogP) is 12.5. The van der Waals surface area contributed by atoms with Crippen LogP contribution in [0.5, 0.6) is 0 Å². The minimum atomic E-state index is -2.82. The molecule has 374 valence electrons. The van der Waals surface area contributed by atoms with Gasteiger partial charge in [0, 0.05) is 25.4 Å². The number of hydrogen-bond acceptors (Lipinski definition) is 7. The standard InChI is InChI=1S/C58H92O7Si2/c1-39(2)53-45(11)31-32-57(63-53)36-50(64-67(56(13,14)15,51-25-18-16-19-26-51)52-27-20-17-21-28-52)35-49(62-57)30-29-44(10)33-43(9)23-22-24-47-38-61-55-54(46(12)34-48(37-59)58(47,55)60)65-66(40(3)4,41(5)6)42(7)8/h16-29,39-43,45-46,48-50,53-55,59-60H,30-38H2,1-15H3/b23-22+,44-29+,47-24+/t43-,45-,46-,48-,49+,50-,53+,54-,55+,57?,58+/m0/s1. The van der Waals surface area contributed by atoms with Gasteiger partial charge in [-0.05, 0) is 100 Å². The molecule has 0 amide bonds. The summed E-state index contributed by atoms with van der Waals surface area (Å²) in [7, 11) is -5.07. The third-order valence-electron chi connectivity index (χ3n) is 16.6. The van der Waals surface area contributed by atoms with Gasteiger partial charge in [-0.25, -0.2) is 0 Å². The van der Waals surface area contributed by atoms with E-state index in [9.17, 15) is 10.2 Å². The van der Waals surface area contributed by atoms with Gasteiger partial charge in [-0.2, -0.15) is 0 Å². The first-order valence-electron chi connectivity index (χ1n) is 26.3. The summed E-state index contributed by atoms with van der Waals surface area (Å²) in [5, 5.41) is 25.8. The van der Waals surface area contributed by atoms with Crippen LogP contribution in [0, 0.1) is 29.6 Å². The minimum absolute atomic E-state index is 0.0336. The van der Waals surface area contributed by atoms with Crippen LogP contribution in [0.1, 0.15) is 149 Å². The van der Waals surface area contributed by atoms with E-state index in [4.69, 9.17) is 23.1 Å². The van der Waals surface area contributed by atoms with Gasteiger partial charge in [0.2, 0.25) is 8.32 Å². The second-order valence-electron chi connectivity index (χ2n) is 23.9. The molecule has 7 nitrogen and oxygen atoms in total. The van der Waals surface area contributed by atoms with Gasteiger partial charge in [0.05, 0.1) is 31.0 Å². The summed E-state index contributed by atoms with van der Waals surface area (Å²) in [5.74, 6) is 0.313. The topological polar surface area (TPSA) is 86.6 Å². The summed E-state index contributed by atoms with van der Waals surface area (Å²) in [5.41, 5.74) is 2.17. The molecule has 67 heavy (non-hydrogen) atoms. The zero-order valence-corrected chi connectivity index (χ0v) is 46.4. The first-order valence-corrected chi connectivity index (χ1v) is 30.4. The average molecular weight is 958 g/mol. The lowest BCUT2D eigenvalue weighted by molar-refractivity contribution is -0.338. The zero-order chi connectivity index (χ0) is 49.1. The van der Waals surface area contributed by atoms with Crippen LogP contribution in [0.2, 0.25) is 21.7 Å². The highest BCUT2D eigenvalue weighted by molar-refractivity contribution is 6.99. The van der Waals surface area contributed by atoms with Crippen LogP contribution < -0.4 is 10.4 Å². The lowest BCUT2D eigenvalue weighted by atomic mass is 9.66. The minimum Gasteiger partial charge on any atom is -0.410 e. The van der Waals surface area contributed by atoms with Gasteiger partial charge in [0.1, 0.15) is 11.7 Å². The van der Waals surface area contributed by atoms with E-state index in [2.05, 4.69) is 189 Å². The predicted molar refractivity (Wildman–Crippen MR) is 282 cm³/mol. The van der Waals surface area contributed by atoms with Crippen molar-refractivity contribution in [2.24, 2.45) is 29.6 Å². The average Bonchev–Trinajstić information content (AvgIpc) is 3.61. The van der Waals surface area contributed by atoms with Crippen LogP contribution in [0.3, 0.4) is 0 Å². The van der Waals surface area contributed by atoms with Crippen LogP contribution in [0.25, 0.3) is 0 Å². The Kier molecular flexibility index (Phi) is 17.8. The fourth-order valence-corrected chi connectivity index (χ4v) is 23.8. The maximum atomic E-state index is 12.6. The van der Waals surface area contributed by atoms with Crippen LogP contribution in [0.4, 0.5) is 0 Å². The van der Waals surface area contributed by atoms with Crippen molar-refractivity contribution in [2.45, 2.75) is 212 Å². The summed E-state index contributed by atoms with van der Waals surface area (Å²) in [4.78, 5) is 0. The molecular weight excluding hydrogens is 865 g/mol. The van der Waals surface area contributed by atoms with Crippen LogP contribution in [-0.2, 0) is 23.1 Å². The van der Waals surface area contributed by atoms with Crippen molar-refractivity contribution in [1.29, 1.82) is 0 Å². The first-order chi connectivity index (χ1) is 31.5. The van der Waals surface area contributed by atoms with E-state index in [1.54, 1.807) is 0 Å². The largest absolute Gasteiger partial charge is 0.410 e. The Labute approximate surface area is 409 Å². The summed E-state index contributed by atoms with van der Waals surface area (Å²) in [6, 6.07) is 22.0. The molecule has 6 rings (SSSR count). The highest BCUT2D eigenvalue weighted by Crippen LogP contribution is 2.52. The van der Waals surface area contributed by atoms with Crippen LogP contribution >= 0.6 is 0 Å². The lowest BCUT2D eigenvalue weighted by Crippen LogP contribution is -2.69. The molecule has 2 aromatic rings. The van der Waals surface area contributed by atoms with E-state index in [0.29, 0.717) is 41.5 Å². The molecule has 1 unspecified atom stereocenters. The zero-order valence-electron chi connectivity index (χ0n) is 44.4. The number of benzene rings is 2. The SMILES string of the molecule is C/C(=C\C[C@@H]1C[C@H](O[Si](c2ccccc2)(c2ccccc2)C(C)(C)C)CC2(CC[C@H](C)[C@@H](C(C)C)O2)O1)C[C@@H](C)/C=C/C=C1\CO[C@@H]2[C@@H](O[Si](C(C)C)(C(C)C)C(C)C)[C@@H](C)C[C@@H](CO)[C@]12O. The van der Waals surface area contributed by atoms with Gasteiger partial charge in [0.25, 0.3) is 8.32 Å². The van der Waals surface area contributed by atoms with Crippen molar-refractivity contribution < 1.29 is 33.3 Å². The van der Waals surface area contributed by atoms with E-state index in [1.807, 2.05) is 0 Å². The second-order valence-corrected chi connectivity index (χ2v) is 33.6. The number of allylic oxidation sites excluding steroid dienone is 4. The molecular formula is C58H92O7Si2. The first kappa shape index (κ1) is 54.2. The van der Waals surface area contributed by atoms with E-state index in [1.165, 1.54) is 15.9 Å². The molecule has 1 spiro atoms. The van der Waals surface area contributed by atoms with Gasteiger partial charge in [-0.1, -0.05) is 187 Å². The summed E-state index contributed by atoms with van der Waals surface area (Å²) in [6.07, 6.45) is 14.0. The molecule has 4 fully saturated rings. The lowest BCUT2D eigenvalue weighted by Gasteiger charge is -2.53. The number of aliphatic hydroxyl groups excluding tert-OH is 1. The molecule has 11 atom stereocenters. The van der Waals surface area contributed by atoms with E-state index >= 15 is 0 Å². The quantitative estimate of drug-likeness (QED) is 0.121. The maximum absolute atomic E-state index is 12.6. The molecule has 3 heterocycles. The number of fused-ring (bicyclic) bond motifs is 1. The highest BCUT2D eigenvalue weighted by atomic mass is 28.4. The number of aliphatic hydroxyl groups is 2. The molecule has 0 radical (unpaired) electrons. The Balaban J connectivity index is 1.20. The van der Waals surface area contributed by atoms with Crippen molar-refractivity contribution in [2.75, 3.05) is 13.2 Å². The summed E-state index contributed by atoms with van der Waals surface area (Å²) in [6.45, 7) is 34.8. The smallest absolute Gasteiger partial charge is 0.261 e. The van der Waals surface area contributed by atoms with Gasteiger partial charge in [-0.3, -0.25) is 0 Å². The van der Waals surface area contributed by atoms with E-state index in [-0.39, 0.29) is 53.8 Å². The van der Waals surface area contributed by atoms with E-state index < -0.39 is 34.1 Å². The van der Waals surface area contributed by atoms with Crippen molar-refractivity contribution in [3.05, 3.63) is 96.1 Å². The molecule has 1 aliphatic carbocycles. The van der Waals surface area contributed by atoms with Gasteiger partial charge in [-0.15, -0.1) is 0 Å². The molecule has 2 N–H and O–H groups in total. The molecule has 0 bridgehead atoms. The normalized spacial score (nSPS) is 32.4. The molecule has 3 saturated heterocycles. The number of hydrogen-bond donors (Lipinski definition) is 2. The second kappa shape index (κ2) is 22.1. The fraction of sp³-hybridized carbons (Fsp3) is 0.690. The molecule has 3 aliphatic heterocycles. The maximum Gasteiger partial charge on any atom is 0.261 e.